The van der Waals surface area contributed by atoms with Crippen molar-refractivity contribution in [3.05, 3.63) is 65.0 Å². The maximum Gasteiger partial charge on any atom is 0.250 e. The van der Waals surface area contributed by atoms with Crippen molar-refractivity contribution in [1.29, 1.82) is 0 Å². The van der Waals surface area contributed by atoms with Crippen LogP contribution in [0.15, 0.2) is 54.6 Å². The van der Waals surface area contributed by atoms with Gasteiger partial charge in [-0.05, 0) is 57.2 Å². The minimum absolute atomic E-state index is 0.233. The number of ether oxygens (including phenoxy) is 2. The molecule has 2 aromatic carbocycles. The van der Waals surface area contributed by atoms with E-state index in [4.69, 9.17) is 9.47 Å². The van der Waals surface area contributed by atoms with E-state index in [0.29, 0.717) is 18.3 Å². The van der Waals surface area contributed by atoms with Gasteiger partial charge in [-0.1, -0.05) is 18.2 Å². The molecule has 1 N–H and O–H groups in total. The van der Waals surface area contributed by atoms with E-state index < -0.39 is 0 Å². The van der Waals surface area contributed by atoms with Gasteiger partial charge in [0.1, 0.15) is 11.5 Å². The summed E-state index contributed by atoms with van der Waals surface area (Å²) in [7, 11) is 0. The quantitative estimate of drug-likeness (QED) is 0.495. The zero-order chi connectivity index (χ0) is 20.6. The number of amides is 1. The Kier molecular flexibility index (Phi) is 7.03. The van der Waals surface area contributed by atoms with Crippen LogP contribution in [0, 0.1) is 6.92 Å². The van der Waals surface area contributed by atoms with Gasteiger partial charge in [0, 0.05) is 22.1 Å². The Morgan fingerprint density at radius 3 is 2.52 bits per heavy atom. The minimum atomic E-state index is -0.233. The van der Waals surface area contributed by atoms with Gasteiger partial charge >= 0.3 is 0 Å². The number of thiazole rings is 1. The first-order chi connectivity index (χ1) is 14.1. The van der Waals surface area contributed by atoms with Crippen molar-refractivity contribution in [3.63, 3.8) is 0 Å². The second-order valence-electron chi connectivity index (χ2n) is 6.17. The van der Waals surface area contributed by atoms with Crippen LogP contribution in [0.1, 0.15) is 24.3 Å². The second-order valence-corrected chi connectivity index (χ2v) is 7.38. The summed E-state index contributed by atoms with van der Waals surface area (Å²) in [5, 5.41) is 3.41. The van der Waals surface area contributed by atoms with Gasteiger partial charge in [0.05, 0.1) is 18.9 Å². The molecule has 0 radical (unpaired) electrons. The van der Waals surface area contributed by atoms with Gasteiger partial charge in [-0.25, -0.2) is 4.98 Å². The third-order valence-electron chi connectivity index (χ3n) is 4.10. The van der Waals surface area contributed by atoms with Crippen LogP contribution in [0.3, 0.4) is 0 Å². The molecule has 1 amide bonds. The molecule has 29 heavy (non-hydrogen) atoms. The monoisotopic (exact) mass is 408 g/mol. The molecule has 0 bridgehead atoms. The number of para-hydroxylation sites is 1. The minimum Gasteiger partial charge on any atom is -0.494 e. The van der Waals surface area contributed by atoms with Crippen LogP contribution >= 0.6 is 11.3 Å². The number of hydrogen-bond donors (Lipinski definition) is 1. The molecule has 3 aromatic rings. The van der Waals surface area contributed by atoms with Gasteiger partial charge in [-0.15, -0.1) is 11.3 Å². The summed E-state index contributed by atoms with van der Waals surface area (Å²) in [6.07, 6.45) is 3.24. The van der Waals surface area contributed by atoms with Crippen LogP contribution in [0.25, 0.3) is 17.3 Å². The van der Waals surface area contributed by atoms with Crippen LogP contribution in [-0.2, 0) is 4.79 Å². The fourth-order valence-corrected chi connectivity index (χ4v) is 3.65. The molecular weight excluding hydrogens is 384 g/mol. The molecule has 0 atom stereocenters. The first kappa shape index (κ1) is 20.6. The first-order valence-corrected chi connectivity index (χ1v) is 10.3. The smallest absolute Gasteiger partial charge is 0.250 e. The van der Waals surface area contributed by atoms with Crippen molar-refractivity contribution in [1.82, 2.24) is 4.98 Å². The molecule has 6 heteroatoms. The molecule has 150 valence electrons. The van der Waals surface area contributed by atoms with Crippen molar-refractivity contribution in [2.24, 2.45) is 0 Å². The Morgan fingerprint density at radius 1 is 1.07 bits per heavy atom. The van der Waals surface area contributed by atoms with E-state index >= 15 is 0 Å². The third-order valence-corrected chi connectivity index (χ3v) is 4.98. The van der Waals surface area contributed by atoms with Crippen molar-refractivity contribution < 1.29 is 14.3 Å². The summed E-state index contributed by atoms with van der Waals surface area (Å²) in [6, 6.07) is 15.4. The number of carbonyl (C=O) groups excluding carboxylic acids is 1. The highest BCUT2D eigenvalue weighted by atomic mass is 32.1. The number of benzene rings is 2. The fraction of sp³-hybridized carbons (Fsp3) is 0.217. The molecule has 0 aliphatic carbocycles. The van der Waals surface area contributed by atoms with Gasteiger partial charge in [0.25, 0.3) is 0 Å². The van der Waals surface area contributed by atoms with Crippen LogP contribution in [0.2, 0.25) is 0 Å². The van der Waals surface area contributed by atoms with Gasteiger partial charge in [-0.2, -0.15) is 0 Å². The van der Waals surface area contributed by atoms with Crippen LogP contribution < -0.4 is 14.8 Å². The van der Waals surface area contributed by atoms with Crippen LogP contribution in [0.5, 0.6) is 11.5 Å². The Bertz CT molecular complexity index is 994. The summed E-state index contributed by atoms with van der Waals surface area (Å²) in [4.78, 5) is 18.0. The van der Waals surface area contributed by atoms with Crippen molar-refractivity contribution in [3.8, 4) is 22.8 Å². The predicted octanol–water partition coefficient (Wildman–Crippen LogP) is 5.57. The number of aromatic nitrogens is 1. The normalized spacial score (nSPS) is 10.9. The highest BCUT2D eigenvalue weighted by molar-refractivity contribution is 7.16. The second kappa shape index (κ2) is 9.89. The van der Waals surface area contributed by atoms with Gasteiger partial charge in [0.2, 0.25) is 5.91 Å². The predicted molar refractivity (Wildman–Crippen MR) is 119 cm³/mol. The number of carbonyl (C=O) groups is 1. The molecular formula is C23H24N2O3S. The van der Waals surface area contributed by atoms with Gasteiger partial charge < -0.3 is 9.47 Å². The summed E-state index contributed by atoms with van der Waals surface area (Å²) in [5.41, 5.74) is 2.71. The molecule has 1 heterocycles. The average molecular weight is 409 g/mol. The molecule has 0 saturated heterocycles. The summed E-state index contributed by atoms with van der Waals surface area (Å²) in [6.45, 7) is 7.09. The maximum atomic E-state index is 12.3. The summed E-state index contributed by atoms with van der Waals surface area (Å²) in [5.74, 6) is 1.35. The Hall–Kier alpha value is -3.12. The average Bonchev–Trinajstić information content (AvgIpc) is 3.08. The molecule has 3 rings (SSSR count). The zero-order valence-corrected chi connectivity index (χ0v) is 17.6. The van der Waals surface area contributed by atoms with E-state index in [0.717, 1.165) is 33.2 Å². The van der Waals surface area contributed by atoms with E-state index in [1.807, 2.05) is 69.3 Å². The molecule has 0 fully saturated rings. The Morgan fingerprint density at radius 2 is 1.79 bits per heavy atom. The number of anilines is 1. The molecule has 1 aromatic heterocycles. The highest BCUT2D eigenvalue weighted by Gasteiger charge is 2.11. The lowest BCUT2D eigenvalue weighted by atomic mass is 10.1. The number of aryl methyl sites for hydroxylation is 1. The van der Waals surface area contributed by atoms with Crippen LogP contribution in [-0.4, -0.2) is 24.1 Å². The highest BCUT2D eigenvalue weighted by Crippen LogP contribution is 2.31. The standard InChI is InChI=1S/C23H24N2O3S/c1-4-27-19-13-10-18(11-14-19)22-16(3)29-23(25-22)24-21(26)15-12-17-8-6-7-9-20(17)28-5-2/h6-15H,4-5H2,1-3H3,(H,24,25,26)/b15-12+. The molecule has 0 aliphatic rings. The number of hydrogen-bond acceptors (Lipinski definition) is 5. The SMILES string of the molecule is CCOc1ccc(-c2nc(NC(=O)/C=C/c3ccccc3OCC)sc2C)cc1. The third kappa shape index (κ3) is 5.45. The molecule has 0 saturated carbocycles. The van der Waals surface area contributed by atoms with Crippen molar-refractivity contribution >= 4 is 28.5 Å². The Labute approximate surface area is 175 Å². The van der Waals surface area contributed by atoms with E-state index in [2.05, 4.69) is 10.3 Å². The number of rotatable bonds is 8. The zero-order valence-electron chi connectivity index (χ0n) is 16.8. The number of nitrogens with one attached hydrogen (secondary N) is 1. The number of nitrogens with zero attached hydrogens (tertiary/aromatic N) is 1. The van der Waals surface area contributed by atoms with E-state index in [1.54, 1.807) is 6.08 Å². The molecule has 0 spiro atoms. The van der Waals surface area contributed by atoms with E-state index in [1.165, 1.54) is 17.4 Å². The molecule has 0 aliphatic heterocycles. The lowest BCUT2D eigenvalue weighted by molar-refractivity contribution is -0.111. The van der Waals surface area contributed by atoms with Crippen LogP contribution in [0.4, 0.5) is 5.13 Å². The fourth-order valence-electron chi connectivity index (χ4n) is 2.81. The maximum absolute atomic E-state index is 12.3. The topological polar surface area (TPSA) is 60.5 Å². The molecule has 0 unspecified atom stereocenters. The summed E-state index contributed by atoms with van der Waals surface area (Å²) < 4.78 is 11.1. The van der Waals surface area contributed by atoms with E-state index in [9.17, 15) is 4.79 Å². The van der Waals surface area contributed by atoms with Gasteiger partial charge in [0.15, 0.2) is 5.13 Å². The van der Waals surface area contributed by atoms with Gasteiger partial charge in [-0.3, -0.25) is 10.1 Å². The first-order valence-electron chi connectivity index (χ1n) is 9.52. The molecule has 5 nitrogen and oxygen atoms in total. The largest absolute Gasteiger partial charge is 0.494 e. The van der Waals surface area contributed by atoms with Crippen molar-refractivity contribution in [2.75, 3.05) is 18.5 Å². The van der Waals surface area contributed by atoms with E-state index in [-0.39, 0.29) is 5.91 Å². The Balaban J connectivity index is 1.69. The lowest BCUT2D eigenvalue weighted by Crippen LogP contribution is -2.07. The lowest BCUT2D eigenvalue weighted by Gasteiger charge is -2.06. The summed E-state index contributed by atoms with van der Waals surface area (Å²) >= 11 is 1.45. The van der Waals surface area contributed by atoms with Crippen molar-refractivity contribution in [2.45, 2.75) is 20.8 Å².